The predicted octanol–water partition coefficient (Wildman–Crippen LogP) is 5.34. The van der Waals surface area contributed by atoms with Crippen LogP contribution in [0.15, 0.2) is 46.7 Å². The van der Waals surface area contributed by atoms with Gasteiger partial charge in [-0.15, -0.1) is 11.3 Å². The first-order valence-electron chi connectivity index (χ1n) is 9.32. The third-order valence-corrected chi connectivity index (χ3v) is 8.87. The molecule has 0 unspecified atom stereocenters. The van der Waals surface area contributed by atoms with Crippen molar-refractivity contribution in [3.63, 3.8) is 0 Å². The Bertz CT molecular complexity index is 1210. The van der Waals surface area contributed by atoms with Crippen molar-refractivity contribution in [1.82, 2.24) is 9.29 Å². The lowest BCUT2D eigenvalue weighted by Gasteiger charge is -2.33. The molecular weight excluding hydrogens is 504 g/mol. The van der Waals surface area contributed by atoms with E-state index in [9.17, 15) is 12.8 Å². The van der Waals surface area contributed by atoms with E-state index in [4.69, 9.17) is 34.8 Å². The normalized spacial score (nSPS) is 15.4. The van der Waals surface area contributed by atoms with Crippen molar-refractivity contribution in [2.45, 2.75) is 11.3 Å². The second kappa shape index (κ2) is 9.21. The van der Waals surface area contributed by atoms with Gasteiger partial charge >= 0.3 is 0 Å². The molecule has 31 heavy (non-hydrogen) atoms. The topological polar surface area (TPSA) is 53.5 Å². The van der Waals surface area contributed by atoms with Crippen LogP contribution in [-0.2, 0) is 16.4 Å². The van der Waals surface area contributed by atoms with Crippen LogP contribution in [0.25, 0.3) is 0 Å². The van der Waals surface area contributed by atoms with E-state index in [1.165, 1.54) is 21.7 Å². The highest BCUT2D eigenvalue weighted by atomic mass is 35.5. The average Bonchev–Trinajstić information content (AvgIpc) is 3.18. The van der Waals surface area contributed by atoms with Crippen LogP contribution in [0.3, 0.4) is 0 Å². The minimum absolute atomic E-state index is 0.0830. The molecule has 0 N–H and O–H groups in total. The molecule has 1 saturated heterocycles. The standard InChI is InChI=1S/C20H17Cl3FN3O2S2/c21-14-2-1-13(17(22)10-14)9-16-12-30-20(25-16)26-5-7-27(8-6-26)31(28,29)19-4-3-15(24)11-18(19)23/h1-4,10-12H,5-9H2. The lowest BCUT2D eigenvalue weighted by molar-refractivity contribution is 0.384. The van der Waals surface area contributed by atoms with Gasteiger partial charge in [0.1, 0.15) is 10.7 Å². The molecule has 0 saturated carbocycles. The molecule has 0 bridgehead atoms. The van der Waals surface area contributed by atoms with E-state index >= 15 is 0 Å². The molecule has 0 spiro atoms. The van der Waals surface area contributed by atoms with E-state index in [0.717, 1.165) is 28.5 Å². The molecule has 0 radical (unpaired) electrons. The van der Waals surface area contributed by atoms with Crippen LogP contribution in [0.2, 0.25) is 15.1 Å². The van der Waals surface area contributed by atoms with E-state index < -0.39 is 15.8 Å². The molecule has 1 aliphatic rings. The number of thiazole rings is 1. The highest BCUT2D eigenvalue weighted by Gasteiger charge is 2.31. The Labute approximate surface area is 199 Å². The highest BCUT2D eigenvalue weighted by Crippen LogP contribution is 2.29. The zero-order chi connectivity index (χ0) is 22.2. The number of aromatic nitrogens is 1. The summed E-state index contributed by atoms with van der Waals surface area (Å²) >= 11 is 19.7. The molecule has 3 aromatic rings. The van der Waals surface area contributed by atoms with Gasteiger partial charge in [0.25, 0.3) is 0 Å². The average molecular weight is 521 g/mol. The molecule has 5 nitrogen and oxygen atoms in total. The molecule has 11 heteroatoms. The molecule has 0 aliphatic carbocycles. The van der Waals surface area contributed by atoms with Crippen molar-refractivity contribution in [2.75, 3.05) is 31.1 Å². The molecule has 0 atom stereocenters. The fourth-order valence-electron chi connectivity index (χ4n) is 3.33. The van der Waals surface area contributed by atoms with Gasteiger partial charge < -0.3 is 4.90 Å². The van der Waals surface area contributed by atoms with Crippen molar-refractivity contribution >= 4 is 61.3 Å². The van der Waals surface area contributed by atoms with Gasteiger partial charge in [0, 0.05) is 48.0 Å². The Balaban J connectivity index is 1.42. The quantitative estimate of drug-likeness (QED) is 0.455. The zero-order valence-corrected chi connectivity index (χ0v) is 20.0. The summed E-state index contributed by atoms with van der Waals surface area (Å²) in [5.41, 5.74) is 1.83. The van der Waals surface area contributed by atoms with Crippen LogP contribution in [-0.4, -0.2) is 43.9 Å². The van der Waals surface area contributed by atoms with E-state index in [0.29, 0.717) is 29.6 Å². The fraction of sp³-hybridized carbons (Fsp3) is 0.250. The van der Waals surface area contributed by atoms with Crippen molar-refractivity contribution in [3.05, 3.63) is 73.9 Å². The Morgan fingerprint density at radius 2 is 1.74 bits per heavy atom. The Hall–Kier alpha value is -1.42. The number of rotatable bonds is 5. The van der Waals surface area contributed by atoms with E-state index in [2.05, 4.69) is 9.88 Å². The number of anilines is 1. The fourth-order valence-corrected chi connectivity index (χ4v) is 6.61. The van der Waals surface area contributed by atoms with Gasteiger partial charge in [-0.05, 0) is 35.9 Å². The lowest BCUT2D eigenvalue weighted by Crippen LogP contribution is -2.48. The minimum atomic E-state index is -3.79. The molecule has 2 aromatic carbocycles. The van der Waals surface area contributed by atoms with E-state index in [1.54, 1.807) is 12.1 Å². The molecule has 1 fully saturated rings. The van der Waals surface area contributed by atoms with Crippen LogP contribution < -0.4 is 4.90 Å². The molecule has 1 aromatic heterocycles. The predicted molar refractivity (Wildman–Crippen MR) is 124 cm³/mol. The monoisotopic (exact) mass is 519 g/mol. The number of hydrogen-bond acceptors (Lipinski definition) is 5. The van der Waals surface area contributed by atoms with Crippen LogP contribution in [0.1, 0.15) is 11.3 Å². The number of benzene rings is 2. The third kappa shape index (κ3) is 4.99. The number of nitrogens with zero attached hydrogens (tertiary/aromatic N) is 3. The number of halogens is 4. The summed E-state index contributed by atoms with van der Waals surface area (Å²) in [5.74, 6) is -0.576. The zero-order valence-electron chi connectivity index (χ0n) is 16.1. The summed E-state index contributed by atoms with van der Waals surface area (Å²) in [4.78, 5) is 6.65. The largest absolute Gasteiger partial charge is 0.345 e. The summed E-state index contributed by atoms with van der Waals surface area (Å²) in [5, 5.41) is 3.87. The van der Waals surface area contributed by atoms with Crippen molar-refractivity contribution in [2.24, 2.45) is 0 Å². The van der Waals surface area contributed by atoms with E-state index in [-0.39, 0.29) is 23.0 Å². The van der Waals surface area contributed by atoms with Gasteiger partial charge in [0.05, 0.1) is 10.7 Å². The first-order valence-corrected chi connectivity index (χ1v) is 12.8. The maximum absolute atomic E-state index is 13.3. The number of hydrogen-bond donors (Lipinski definition) is 0. The third-order valence-electron chi connectivity index (χ3n) is 4.95. The second-order valence-electron chi connectivity index (χ2n) is 7.00. The molecule has 164 valence electrons. The summed E-state index contributed by atoms with van der Waals surface area (Å²) in [6.45, 7) is 1.56. The highest BCUT2D eigenvalue weighted by molar-refractivity contribution is 7.89. The van der Waals surface area contributed by atoms with Gasteiger partial charge in [-0.1, -0.05) is 40.9 Å². The maximum Gasteiger partial charge on any atom is 0.244 e. The van der Waals surface area contributed by atoms with Gasteiger partial charge in [-0.3, -0.25) is 0 Å². The Morgan fingerprint density at radius 3 is 2.42 bits per heavy atom. The van der Waals surface area contributed by atoms with Gasteiger partial charge in [-0.2, -0.15) is 4.31 Å². The van der Waals surface area contributed by atoms with Gasteiger partial charge in [-0.25, -0.2) is 17.8 Å². The number of piperazine rings is 1. The van der Waals surface area contributed by atoms with Crippen molar-refractivity contribution in [1.29, 1.82) is 0 Å². The lowest BCUT2D eigenvalue weighted by atomic mass is 10.1. The summed E-state index contributed by atoms with van der Waals surface area (Å²) in [6, 6.07) is 8.69. The molecule has 4 rings (SSSR count). The smallest absolute Gasteiger partial charge is 0.244 e. The first-order chi connectivity index (χ1) is 14.7. The molecule has 2 heterocycles. The summed E-state index contributed by atoms with van der Waals surface area (Å²) in [7, 11) is -3.79. The molecule has 1 aliphatic heterocycles. The Morgan fingerprint density at radius 1 is 1.00 bits per heavy atom. The van der Waals surface area contributed by atoms with Crippen LogP contribution in [0.5, 0.6) is 0 Å². The van der Waals surface area contributed by atoms with Crippen LogP contribution in [0, 0.1) is 5.82 Å². The van der Waals surface area contributed by atoms with E-state index in [1.807, 2.05) is 11.4 Å². The second-order valence-corrected chi connectivity index (χ2v) is 11.0. The maximum atomic E-state index is 13.3. The summed E-state index contributed by atoms with van der Waals surface area (Å²) in [6.07, 6.45) is 0.587. The van der Waals surface area contributed by atoms with Crippen molar-refractivity contribution < 1.29 is 12.8 Å². The Kier molecular flexibility index (Phi) is 6.76. The van der Waals surface area contributed by atoms with Crippen LogP contribution >= 0.6 is 46.1 Å². The van der Waals surface area contributed by atoms with Gasteiger partial charge in [0.2, 0.25) is 10.0 Å². The van der Waals surface area contributed by atoms with Crippen molar-refractivity contribution in [3.8, 4) is 0 Å². The van der Waals surface area contributed by atoms with Gasteiger partial charge in [0.15, 0.2) is 5.13 Å². The molecule has 0 amide bonds. The molecular formula is C20H17Cl3FN3O2S2. The summed E-state index contributed by atoms with van der Waals surface area (Å²) < 4.78 is 40.4. The number of sulfonamides is 1. The first kappa shape index (κ1) is 22.8. The van der Waals surface area contributed by atoms with Crippen LogP contribution in [0.4, 0.5) is 9.52 Å². The SMILES string of the molecule is O=S(=O)(c1ccc(F)cc1Cl)N1CCN(c2nc(Cc3ccc(Cl)cc3Cl)cs2)CC1. The minimum Gasteiger partial charge on any atom is -0.345 e.